The molecule has 1 aliphatic heterocycles. The molecular weight excluding hydrogens is 404 g/mol. The summed E-state index contributed by atoms with van der Waals surface area (Å²) < 4.78 is 0. The van der Waals surface area contributed by atoms with E-state index in [-0.39, 0.29) is 18.0 Å². The normalized spacial score (nSPS) is 15.8. The molecule has 4 N–H and O–H groups in total. The highest BCUT2D eigenvalue weighted by molar-refractivity contribution is 5.93. The molecule has 164 valence electrons. The van der Waals surface area contributed by atoms with Crippen LogP contribution in [0.4, 0.5) is 16.3 Å². The van der Waals surface area contributed by atoms with Crippen molar-refractivity contribution >= 4 is 23.4 Å². The number of nitrogen functional groups attached to an aromatic ring is 1. The molecule has 1 aliphatic rings. The number of nitrogens with two attached hydrogens (primary N) is 1. The first-order valence-electron chi connectivity index (χ1n) is 10.5. The number of anilines is 2. The van der Waals surface area contributed by atoms with Gasteiger partial charge in [0.2, 0.25) is 0 Å². The third-order valence-corrected chi connectivity index (χ3v) is 5.56. The second-order valence-electron chi connectivity index (χ2n) is 7.65. The molecule has 2 aromatic carbocycles. The van der Waals surface area contributed by atoms with Crippen LogP contribution in [0.3, 0.4) is 0 Å². The van der Waals surface area contributed by atoms with Crippen LogP contribution in [0, 0.1) is 0 Å². The first kappa shape index (κ1) is 21.3. The van der Waals surface area contributed by atoms with Crippen molar-refractivity contribution in [3.8, 4) is 0 Å². The highest BCUT2D eigenvalue weighted by Crippen LogP contribution is 2.21. The van der Waals surface area contributed by atoms with E-state index in [9.17, 15) is 9.59 Å². The Balaban J connectivity index is 1.53. The number of amides is 3. The molecule has 8 nitrogen and oxygen atoms in total. The number of para-hydroxylation sites is 1. The number of rotatable bonds is 5. The second-order valence-corrected chi connectivity index (χ2v) is 7.65. The zero-order chi connectivity index (χ0) is 22.3. The van der Waals surface area contributed by atoms with E-state index < -0.39 is 0 Å². The van der Waals surface area contributed by atoms with Gasteiger partial charge in [0.1, 0.15) is 5.82 Å². The number of pyridine rings is 1. The van der Waals surface area contributed by atoms with Crippen molar-refractivity contribution in [1.29, 1.82) is 0 Å². The number of hydrazine groups is 1. The monoisotopic (exact) mass is 430 g/mol. The van der Waals surface area contributed by atoms with Crippen molar-refractivity contribution in [3.05, 3.63) is 90.1 Å². The lowest BCUT2D eigenvalue weighted by Gasteiger charge is -2.42. The number of hydrogen-bond acceptors (Lipinski definition) is 5. The van der Waals surface area contributed by atoms with Gasteiger partial charge < -0.3 is 15.1 Å². The van der Waals surface area contributed by atoms with Crippen LogP contribution in [-0.4, -0.2) is 47.5 Å². The number of carbonyl (C=O) groups excluding carboxylic acids is 2. The molecule has 4 rings (SSSR count). The van der Waals surface area contributed by atoms with Crippen LogP contribution >= 0.6 is 0 Å². The summed E-state index contributed by atoms with van der Waals surface area (Å²) in [4.78, 5) is 33.4. The summed E-state index contributed by atoms with van der Waals surface area (Å²) in [5, 5.41) is 3.00. The van der Waals surface area contributed by atoms with E-state index in [1.165, 1.54) is 0 Å². The minimum Gasteiger partial charge on any atom is -0.353 e. The van der Waals surface area contributed by atoms with Crippen LogP contribution in [0.15, 0.2) is 79.0 Å². The standard InChI is InChI=1S/C24H26N6O2/c25-28-23(31)19-11-9-18(10-12-19)16-21-17-29(22-8-4-5-13-26-22)14-15-30(21)24(32)27-20-6-2-1-3-7-20/h1-13,21H,14-17,25H2,(H,27,32)(H,28,31). The predicted molar refractivity (Wildman–Crippen MR) is 124 cm³/mol. The fourth-order valence-electron chi connectivity index (χ4n) is 3.91. The summed E-state index contributed by atoms with van der Waals surface area (Å²) in [6.07, 6.45) is 2.43. The van der Waals surface area contributed by atoms with E-state index in [4.69, 9.17) is 5.84 Å². The van der Waals surface area contributed by atoms with E-state index in [0.717, 1.165) is 17.1 Å². The maximum absolute atomic E-state index is 13.1. The summed E-state index contributed by atoms with van der Waals surface area (Å²) in [6, 6.07) is 22.4. The Morgan fingerprint density at radius 2 is 1.72 bits per heavy atom. The number of piperazine rings is 1. The molecule has 2 heterocycles. The van der Waals surface area contributed by atoms with Crippen molar-refractivity contribution in [2.24, 2.45) is 5.84 Å². The first-order valence-corrected chi connectivity index (χ1v) is 10.5. The fourth-order valence-corrected chi connectivity index (χ4v) is 3.91. The molecule has 0 bridgehead atoms. The van der Waals surface area contributed by atoms with Crippen LogP contribution < -0.4 is 21.5 Å². The smallest absolute Gasteiger partial charge is 0.322 e. The van der Waals surface area contributed by atoms with Gasteiger partial charge in [0.25, 0.3) is 5.91 Å². The largest absolute Gasteiger partial charge is 0.353 e. The summed E-state index contributed by atoms with van der Waals surface area (Å²) in [5.74, 6) is 5.78. The lowest BCUT2D eigenvalue weighted by molar-refractivity contribution is 0.0953. The van der Waals surface area contributed by atoms with Crippen LogP contribution in [0.2, 0.25) is 0 Å². The molecule has 0 spiro atoms. The molecule has 1 saturated heterocycles. The highest BCUT2D eigenvalue weighted by Gasteiger charge is 2.31. The van der Waals surface area contributed by atoms with E-state index in [1.807, 2.05) is 65.6 Å². The van der Waals surface area contributed by atoms with Gasteiger partial charge in [-0.25, -0.2) is 15.6 Å². The number of hydrogen-bond donors (Lipinski definition) is 3. The summed E-state index contributed by atoms with van der Waals surface area (Å²) in [7, 11) is 0. The maximum atomic E-state index is 13.1. The van der Waals surface area contributed by atoms with Crippen molar-refractivity contribution in [2.45, 2.75) is 12.5 Å². The van der Waals surface area contributed by atoms with Gasteiger partial charge in [0.15, 0.2) is 0 Å². The topological polar surface area (TPSA) is 104 Å². The average Bonchev–Trinajstić information content (AvgIpc) is 2.85. The van der Waals surface area contributed by atoms with Gasteiger partial charge in [-0.1, -0.05) is 36.4 Å². The second kappa shape index (κ2) is 9.93. The van der Waals surface area contributed by atoms with Crippen molar-refractivity contribution in [1.82, 2.24) is 15.3 Å². The maximum Gasteiger partial charge on any atom is 0.322 e. The average molecular weight is 431 g/mol. The van der Waals surface area contributed by atoms with Gasteiger partial charge in [-0.05, 0) is 48.4 Å². The predicted octanol–water partition coefficient (Wildman–Crippen LogP) is 2.65. The number of urea groups is 1. The molecule has 1 fully saturated rings. The van der Waals surface area contributed by atoms with Gasteiger partial charge in [0, 0.05) is 37.1 Å². The summed E-state index contributed by atoms with van der Waals surface area (Å²) >= 11 is 0. The Kier molecular flexibility index (Phi) is 6.62. The summed E-state index contributed by atoms with van der Waals surface area (Å²) in [5.41, 5.74) is 4.43. The van der Waals surface area contributed by atoms with Crippen LogP contribution in [0.1, 0.15) is 15.9 Å². The molecular formula is C24H26N6O2. The van der Waals surface area contributed by atoms with Crippen LogP contribution in [0.5, 0.6) is 0 Å². The van der Waals surface area contributed by atoms with Crippen molar-refractivity contribution in [2.75, 3.05) is 29.9 Å². The number of nitrogens with one attached hydrogen (secondary N) is 2. The number of nitrogens with zero attached hydrogens (tertiary/aromatic N) is 3. The zero-order valence-electron chi connectivity index (χ0n) is 17.6. The molecule has 32 heavy (non-hydrogen) atoms. The number of aromatic nitrogens is 1. The summed E-state index contributed by atoms with van der Waals surface area (Å²) in [6.45, 7) is 1.93. The molecule has 1 aromatic heterocycles. The van der Waals surface area contributed by atoms with Crippen LogP contribution in [0.25, 0.3) is 0 Å². The lowest BCUT2D eigenvalue weighted by atomic mass is 10.0. The molecule has 8 heteroatoms. The van der Waals surface area contributed by atoms with Crippen molar-refractivity contribution in [3.63, 3.8) is 0 Å². The molecule has 3 aromatic rings. The quantitative estimate of drug-likeness (QED) is 0.328. The zero-order valence-corrected chi connectivity index (χ0v) is 17.6. The molecule has 0 aliphatic carbocycles. The van der Waals surface area contributed by atoms with E-state index in [2.05, 4.69) is 20.6 Å². The minimum atomic E-state index is -0.334. The first-order chi connectivity index (χ1) is 15.6. The van der Waals surface area contributed by atoms with Gasteiger partial charge in [-0.3, -0.25) is 10.2 Å². The molecule has 1 atom stereocenters. The van der Waals surface area contributed by atoms with E-state index in [0.29, 0.717) is 31.6 Å². The fraction of sp³-hybridized carbons (Fsp3) is 0.208. The number of carbonyl (C=O) groups is 2. The van der Waals surface area contributed by atoms with E-state index in [1.54, 1.807) is 18.3 Å². The third kappa shape index (κ3) is 5.04. The van der Waals surface area contributed by atoms with E-state index >= 15 is 0 Å². The molecule has 0 saturated carbocycles. The Labute approximate surface area is 187 Å². The van der Waals surface area contributed by atoms with Crippen LogP contribution in [-0.2, 0) is 6.42 Å². The Morgan fingerprint density at radius 1 is 0.969 bits per heavy atom. The van der Waals surface area contributed by atoms with Gasteiger partial charge in [0.05, 0.1) is 6.04 Å². The number of benzene rings is 2. The highest BCUT2D eigenvalue weighted by atomic mass is 16.2. The molecule has 0 radical (unpaired) electrons. The Morgan fingerprint density at radius 3 is 2.41 bits per heavy atom. The van der Waals surface area contributed by atoms with Gasteiger partial charge >= 0.3 is 6.03 Å². The SMILES string of the molecule is NNC(=O)c1ccc(CC2CN(c3ccccn3)CCN2C(=O)Nc2ccccc2)cc1. The molecule has 1 unspecified atom stereocenters. The minimum absolute atomic E-state index is 0.0661. The van der Waals surface area contributed by atoms with Gasteiger partial charge in [-0.2, -0.15) is 0 Å². The Bertz CT molecular complexity index is 1040. The van der Waals surface area contributed by atoms with Gasteiger partial charge in [-0.15, -0.1) is 0 Å². The third-order valence-electron chi connectivity index (χ3n) is 5.56. The molecule has 3 amide bonds. The van der Waals surface area contributed by atoms with Crippen molar-refractivity contribution < 1.29 is 9.59 Å². The Hall–Kier alpha value is -3.91. The lowest BCUT2D eigenvalue weighted by Crippen LogP contribution is -2.57.